The molecule has 0 amide bonds. The van der Waals surface area contributed by atoms with Crippen molar-refractivity contribution in [3.05, 3.63) is 70.8 Å². The van der Waals surface area contributed by atoms with Gasteiger partial charge in [-0.15, -0.1) is 9.24 Å². The highest BCUT2D eigenvalue weighted by molar-refractivity contribution is 7.44. The van der Waals surface area contributed by atoms with E-state index in [-0.39, 0.29) is 10.3 Å². The third kappa shape index (κ3) is 3.78. The Morgan fingerprint density at radius 1 is 0.929 bits per heavy atom. The molecule has 28 heavy (non-hydrogen) atoms. The largest absolute Gasteiger partial charge is 0.497 e. The summed E-state index contributed by atoms with van der Waals surface area (Å²) in [4.78, 5) is 0. The van der Waals surface area contributed by atoms with Gasteiger partial charge in [-0.05, 0) is 80.4 Å². The summed E-state index contributed by atoms with van der Waals surface area (Å²) < 4.78 is 11.1. The van der Waals surface area contributed by atoms with Gasteiger partial charge in [-0.25, -0.2) is 0 Å². The number of ether oxygens (including phenoxy) is 2. The van der Waals surface area contributed by atoms with Crippen molar-refractivity contribution in [3.63, 3.8) is 0 Å². The lowest BCUT2D eigenvalue weighted by Gasteiger charge is -2.38. The van der Waals surface area contributed by atoms with Crippen LogP contribution in [0.4, 0.5) is 0 Å². The Morgan fingerprint density at radius 3 is 1.82 bits per heavy atom. The zero-order valence-corrected chi connectivity index (χ0v) is 19.7. The Morgan fingerprint density at radius 2 is 1.43 bits per heavy atom. The van der Waals surface area contributed by atoms with Crippen molar-refractivity contribution in [3.8, 4) is 11.5 Å². The maximum atomic E-state index is 5.53. The average Bonchev–Trinajstić information content (AvgIpc) is 2.90. The predicted octanol–water partition coefficient (Wildman–Crippen LogP) is 6.46. The molecular weight excluding hydrogens is 382 g/mol. The van der Waals surface area contributed by atoms with Crippen molar-refractivity contribution in [2.45, 2.75) is 44.4 Å². The quantitative estimate of drug-likeness (QED) is 0.507. The van der Waals surface area contributed by atoms with Crippen molar-refractivity contribution in [2.75, 3.05) is 14.2 Å². The Hall–Kier alpha value is -1.62. The van der Waals surface area contributed by atoms with Gasteiger partial charge < -0.3 is 9.47 Å². The fourth-order valence-electron chi connectivity index (χ4n) is 4.10. The predicted molar refractivity (Wildman–Crippen MR) is 125 cm³/mol. The number of benzene rings is 2. The van der Waals surface area contributed by atoms with Gasteiger partial charge in [0.25, 0.3) is 0 Å². The summed E-state index contributed by atoms with van der Waals surface area (Å²) in [6.07, 6.45) is 0.979. The third-order valence-electron chi connectivity index (χ3n) is 6.12. The molecule has 2 aromatic carbocycles. The van der Waals surface area contributed by atoms with Crippen molar-refractivity contribution < 1.29 is 9.47 Å². The van der Waals surface area contributed by atoms with Crippen LogP contribution in [0.25, 0.3) is 0 Å². The molecule has 2 nitrogen and oxygen atoms in total. The molecule has 3 rings (SSSR count). The minimum Gasteiger partial charge on any atom is -0.497 e. The second kappa shape index (κ2) is 8.02. The van der Waals surface area contributed by atoms with E-state index < -0.39 is 0 Å². The summed E-state index contributed by atoms with van der Waals surface area (Å²) >= 11 is 0. The molecule has 0 aromatic heterocycles. The molecule has 2 atom stereocenters. The van der Waals surface area contributed by atoms with Gasteiger partial charge in [-0.3, -0.25) is 0 Å². The zero-order valence-electron chi connectivity index (χ0n) is 17.7. The molecule has 148 valence electrons. The number of methoxy groups -OCH3 is 2. The Balaban J connectivity index is 2.17. The van der Waals surface area contributed by atoms with Crippen molar-refractivity contribution >= 4 is 22.7 Å². The second-order valence-corrected chi connectivity index (χ2v) is 10.7. The molecule has 2 unspecified atom stereocenters. The molecule has 2 aromatic rings. The summed E-state index contributed by atoms with van der Waals surface area (Å²) in [7, 11) is 8.02. The molecule has 0 aliphatic carbocycles. The maximum absolute atomic E-state index is 5.53. The van der Waals surface area contributed by atoms with E-state index in [1.807, 2.05) is 12.1 Å². The Bertz CT molecular complexity index is 898. The molecular formula is C24H30O2P2. The average molecular weight is 412 g/mol. The smallest absolute Gasteiger partial charge is 0.119 e. The summed E-state index contributed by atoms with van der Waals surface area (Å²) in [6.45, 7) is 9.20. The fourth-order valence-corrected chi connectivity index (χ4v) is 6.78. The van der Waals surface area contributed by atoms with Crippen LogP contribution >= 0.6 is 17.4 Å². The number of hydrogen-bond donors (Lipinski definition) is 0. The summed E-state index contributed by atoms with van der Waals surface area (Å²) in [6, 6.07) is 16.9. The highest BCUT2D eigenvalue weighted by Gasteiger charge is 2.41. The molecule has 4 heteroatoms. The summed E-state index contributed by atoms with van der Waals surface area (Å²) in [5.74, 6) is 1.76. The monoisotopic (exact) mass is 412 g/mol. The van der Waals surface area contributed by atoms with Crippen molar-refractivity contribution in [1.82, 2.24) is 0 Å². The standard InChI is InChI=1S/C24H30O2P2/c1-16-17(2)23(4,28-18(16)3)15-24(27,19-9-7-11-21(13-19)25-5)20-10-8-12-22(14-20)26-6/h7-14H,15,27H2,1-6H3. The van der Waals surface area contributed by atoms with E-state index >= 15 is 0 Å². The minimum absolute atomic E-state index is 0.0854. The van der Waals surface area contributed by atoms with Crippen LogP contribution in [-0.4, -0.2) is 24.7 Å². The van der Waals surface area contributed by atoms with E-state index in [0.717, 1.165) is 17.9 Å². The highest BCUT2D eigenvalue weighted by atomic mass is 31.1. The molecule has 1 aliphatic heterocycles. The van der Waals surface area contributed by atoms with Crippen LogP contribution in [-0.2, 0) is 5.16 Å². The molecule has 0 radical (unpaired) electrons. The third-order valence-corrected chi connectivity index (χ3v) is 8.65. The van der Waals surface area contributed by atoms with E-state index in [0.29, 0.717) is 0 Å². The van der Waals surface area contributed by atoms with Crippen LogP contribution < -0.4 is 9.47 Å². The molecule has 0 N–H and O–H groups in total. The van der Waals surface area contributed by atoms with E-state index in [9.17, 15) is 0 Å². The van der Waals surface area contributed by atoms with Crippen LogP contribution in [0.5, 0.6) is 11.5 Å². The highest BCUT2D eigenvalue weighted by Crippen LogP contribution is 2.54. The molecule has 0 bridgehead atoms. The van der Waals surface area contributed by atoms with Crippen LogP contribution in [0.1, 0.15) is 45.2 Å². The van der Waals surface area contributed by atoms with Crippen LogP contribution in [0.2, 0.25) is 0 Å². The van der Waals surface area contributed by atoms with E-state index in [4.69, 9.17) is 9.47 Å². The molecule has 0 saturated heterocycles. The van der Waals surface area contributed by atoms with Crippen LogP contribution in [0.15, 0.2) is 59.7 Å². The van der Waals surface area contributed by atoms with Crippen molar-refractivity contribution in [2.24, 2.45) is 0 Å². The van der Waals surface area contributed by atoms with E-state index in [2.05, 4.69) is 73.3 Å². The van der Waals surface area contributed by atoms with Crippen molar-refractivity contribution in [1.29, 1.82) is 0 Å². The SMILES string of the molecule is COc1cccc(C(P)(CC2(C)P=C(C)C(C)=C2C)c2cccc(OC)c2)c1. The maximum Gasteiger partial charge on any atom is 0.119 e. The number of hydrogen-bond acceptors (Lipinski definition) is 2. The molecule has 1 heterocycles. The molecule has 0 spiro atoms. The lowest BCUT2D eigenvalue weighted by molar-refractivity contribution is 0.412. The van der Waals surface area contributed by atoms with Gasteiger partial charge in [0.1, 0.15) is 11.5 Å². The first-order valence-electron chi connectivity index (χ1n) is 9.56. The number of rotatable bonds is 6. The topological polar surface area (TPSA) is 18.5 Å². The lowest BCUT2D eigenvalue weighted by atomic mass is 9.79. The van der Waals surface area contributed by atoms with E-state index in [1.165, 1.54) is 35.8 Å². The molecule has 0 saturated carbocycles. The first kappa shape index (κ1) is 21.1. The normalized spacial score (nSPS) is 20.2. The molecule has 0 fully saturated rings. The first-order chi connectivity index (χ1) is 13.2. The van der Waals surface area contributed by atoms with E-state index in [1.54, 1.807) is 14.2 Å². The zero-order chi connectivity index (χ0) is 20.5. The Kier molecular flexibility index (Phi) is 6.04. The Labute approximate surface area is 173 Å². The summed E-state index contributed by atoms with van der Waals surface area (Å²) in [5, 5.41) is 1.31. The number of allylic oxidation sites excluding steroid dienone is 2. The summed E-state index contributed by atoms with van der Waals surface area (Å²) in [5.41, 5.74) is 5.41. The van der Waals surface area contributed by atoms with Gasteiger partial charge in [0.05, 0.1) is 14.2 Å². The first-order valence-corrected chi connectivity index (χ1v) is 11.0. The van der Waals surface area contributed by atoms with Gasteiger partial charge in [-0.1, -0.05) is 38.0 Å². The fraction of sp³-hybridized carbons (Fsp3) is 0.375. The van der Waals surface area contributed by atoms with Gasteiger partial charge >= 0.3 is 0 Å². The second-order valence-electron chi connectivity index (χ2n) is 7.83. The van der Waals surface area contributed by atoms with Gasteiger partial charge in [0.2, 0.25) is 0 Å². The van der Waals surface area contributed by atoms with Crippen LogP contribution in [0.3, 0.4) is 0 Å². The van der Waals surface area contributed by atoms with Crippen LogP contribution in [0, 0.1) is 0 Å². The minimum atomic E-state index is -0.253. The van der Waals surface area contributed by atoms with Gasteiger partial charge in [0, 0.05) is 10.3 Å². The van der Waals surface area contributed by atoms with Gasteiger partial charge in [-0.2, -0.15) is 0 Å². The molecule has 1 aliphatic rings. The van der Waals surface area contributed by atoms with Gasteiger partial charge in [0.15, 0.2) is 0 Å². The lowest BCUT2D eigenvalue weighted by Crippen LogP contribution is -2.31.